The Morgan fingerprint density at radius 1 is 1.03 bits per heavy atom. The Hall–Kier alpha value is -2.09. The maximum atomic E-state index is 13.1. The molecule has 194 valence electrons. The van der Waals surface area contributed by atoms with Crippen molar-refractivity contribution in [2.75, 3.05) is 13.1 Å². The molecule has 0 radical (unpaired) electrons. The van der Waals surface area contributed by atoms with Crippen LogP contribution in [-0.2, 0) is 29.2 Å². The number of fused-ring (bicyclic) bond motifs is 1. The molecule has 0 saturated carbocycles. The second kappa shape index (κ2) is 12.0. The highest BCUT2D eigenvalue weighted by molar-refractivity contribution is 14.1. The molecule has 38 heavy (non-hydrogen) atoms. The van der Waals surface area contributed by atoms with Gasteiger partial charge in [0.05, 0.1) is 12.0 Å². The van der Waals surface area contributed by atoms with Crippen LogP contribution in [0.4, 0.5) is 4.79 Å². The van der Waals surface area contributed by atoms with Crippen LogP contribution in [0.3, 0.4) is 0 Å². The van der Waals surface area contributed by atoms with Crippen LogP contribution in [0.25, 0.3) is 6.08 Å². The summed E-state index contributed by atoms with van der Waals surface area (Å²) in [6, 6.07) is 19.3. The number of hydrogen-bond acceptors (Lipinski definition) is 5. The zero-order valence-electron chi connectivity index (χ0n) is 20.0. The Morgan fingerprint density at radius 3 is 2.42 bits per heavy atom. The minimum absolute atomic E-state index is 0.227. The quantitative estimate of drug-likeness (QED) is 0.205. The Bertz CT molecular complexity index is 1440. The molecule has 6 nitrogen and oxygen atoms in total. The van der Waals surface area contributed by atoms with Crippen molar-refractivity contribution in [1.29, 1.82) is 0 Å². The molecule has 1 saturated heterocycles. The summed E-state index contributed by atoms with van der Waals surface area (Å²) in [6.45, 7) is 1.21. The standard InChI is InChI=1S/C28H21ClI2N2O4S/c29-21-7-5-17(6-8-21)16-37-26-22(30)11-18(12-23(26)31)13-24-27(35)33(28(36)38-24)15-25(34)32-10-9-19-3-1-2-4-20(19)14-32/h1-8,11-13H,9-10,14-16H2/b24-13-. The van der Waals surface area contributed by atoms with Gasteiger partial charge in [0.1, 0.15) is 18.9 Å². The van der Waals surface area contributed by atoms with E-state index in [2.05, 4.69) is 51.2 Å². The average Bonchev–Trinajstić information content (AvgIpc) is 3.16. The molecule has 3 amide bonds. The number of benzene rings is 3. The molecule has 0 spiro atoms. The number of rotatable bonds is 6. The van der Waals surface area contributed by atoms with Gasteiger partial charge in [-0.1, -0.05) is 48.0 Å². The first kappa shape index (κ1) is 27.5. The summed E-state index contributed by atoms with van der Waals surface area (Å²) in [6.07, 6.45) is 2.46. The fourth-order valence-corrected chi connectivity index (χ4v) is 7.36. The third-order valence-corrected chi connectivity index (χ3v) is 9.03. The summed E-state index contributed by atoms with van der Waals surface area (Å²) >= 11 is 11.2. The Kier molecular flexibility index (Phi) is 8.65. The highest BCUT2D eigenvalue weighted by atomic mass is 127. The number of nitrogens with zero attached hydrogens (tertiary/aromatic N) is 2. The van der Waals surface area contributed by atoms with Gasteiger partial charge in [0.25, 0.3) is 11.1 Å². The normalized spacial score (nSPS) is 16.2. The fraction of sp³-hybridized carbons (Fsp3) is 0.179. The van der Waals surface area contributed by atoms with Crippen LogP contribution in [0, 0.1) is 7.14 Å². The number of carbonyl (C=O) groups is 3. The first-order chi connectivity index (χ1) is 18.3. The first-order valence-corrected chi connectivity index (χ1v) is 15.1. The molecule has 0 unspecified atom stereocenters. The first-order valence-electron chi connectivity index (χ1n) is 11.7. The molecule has 0 N–H and O–H groups in total. The van der Waals surface area contributed by atoms with E-state index >= 15 is 0 Å². The van der Waals surface area contributed by atoms with E-state index in [-0.39, 0.29) is 12.5 Å². The number of amides is 3. The zero-order valence-corrected chi connectivity index (χ0v) is 25.8. The molecule has 1 fully saturated rings. The average molecular weight is 771 g/mol. The van der Waals surface area contributed by atoms with Gasteiger partial charge >= 0.3 is 0 Å². The molecule has 0 bridgehead atoms. The van der Waals surface area contributed by atoms with Gasteiger partial charge in [0.15, 0.2) is 0 Å². The second-order valence-electron chi connectivity index (χ2n) is 8.83. The Labute approximate surface area is 257 Å². The maximum Gasteiger partial charge on any atom is 0.294 e. The number of carbonyl (C=O) groups excluding carboxylic acids is 3. The second-order valence-corrected chi connectivity index (χ2v) is 12.6. The number of hydrogen-bond donors (Lipinski definition) is 0. The SMILES string of the molecule is O=C(CN1C(=O)S/C(=C\c2cc(I)c(OCc3ccc(Cl)cc3)c(I)c2)C1=O)N1CCc2ccccc2C1. The number of thioether (sulfide) groups is 1. The van der Waals surface area contributed by atoms with Gasteiger partial charge < -0.3 is 9.64 Å². The van der Waals surface area contributed by atoms with Crippen LogP contribution in [0.5, 0.6) is 5.75 Å². The highest BCUT2D eigenvalue weighted by Crippen LogP contribution is 2.35. The van der Waals surface area contributed by atoms with Crippen molar-refractivity contribution >= 4 is 91.7 Å². The van der Waals surface area contributed by atoms with Gasteiger partial charge in [-0.2, -0.15) is 0 Å². The molecule has 2 aliphatic rings. The largest absolute Gasteiger partial charge is 0.487 e. The van der Waals surface area contributed by atoms with E-state index in [9.17, 15) is 14.4 Å². The third kappa shape index (κ3) is 6.21. The van der Waals surface area contributed by atoms with E-state index < -0.39 is 11.1 Å². The van der Waals surface area contributed by atoms with Crippen LogP contribution < -0.4 is 4.74 Å². The predicted molar refractivity (Wildman–Crippen MR) is 166 cm³/mol. The smallest absolute Gasteiger partial charge is 0.294 e. The van der Waals surface area contributed by atoms with Crippen molar-refractivity contribution < 1.29 is 19.1 Å². The lowest BCUT2D eigenvalue weighted by atomic mass is 10.00. The lowest BCUT2D eigenvalue weighted by Crippen LogP contribution is -2.44. The summed E-state index contributed by atoms with van der Waals surface area (Å²) in [5.74, 6) is 0.0771. The van der Waals surface area contributed by atoms with E-state index in [1.807, 2.05) is 54.6 Å². The van der Waals surface area contributed by atoms with Crippen LogP contribution in [0.15, 0.2) is 65.6 Å². The van der Waals surface area contributed by atoms with Gasteiger partial charge in [0, 0.05) is 18.1 Å². The van der Waals surface area contributed by atoms with Gasteiger partial charge in [-0.25, -0.2) is 0 Å². The fourth-order valence-electron chi connectivity index (χ4n) is 4.27. The van der Waals surface area contributed by atoms with Crippen LogP contribution >= 0.6 is 68.5 Å². The van der Waals surface area contributed by atoms with Crippen molar-refractivity contribution in [1.82, 2.24) is 9.80 Å². The molecular weight excluding hydrogens is 750 g/mol. The molecule has 2 aliphatic heterocycles. The zero-order chi connectivity index (χ0) is 26.8. The summed E-state index contributed by atoms with van der Waals surface area (Å²) in [7, 11) is 0. The Morgan fingerprint density at radius 2 is 1.71 bits per heavy atom. The molecule has 0 aromatic heterocycles. The van der Waals surface area contributed by atoms with Crippen molar-refractivity contribution in [2.45, 2.75) is 19.6 Å². The lowest BCUT2D eigenvalue weighted by molar-refractivity contribution is -0.136. The van der Waals surface area contributed by atoms with E-state index in [0.29, 0.717) is 29.6 Å². The van der Waals surface area contributed by atoms with Crippen LogP contribution in [-0.4, -0.2) is 39.9 Å². The van der Waals surface area contributed by atoms with Crippen LogP contribution in [0.2, 0.25) is 5.02 Å². The maximum absolute atomic E-state index is 13.1. The molecule has 5 rings (SSSR count). The lowest BCUT2D eigenvalue weighted by Gasteiger charge is -2.29. The summed E-state index contributed by atoms with van der Waals surface area (Å²) in [4.78, 5) is 41.7. The van der Waals surface area contributed by atoms with E-state index in [4.69, 9.17) is 16.3 Å². The minimum atomic E-state index is -0.446. The van der Waals surface area contributed by atoms with Gasteiger partial charge in [-0.3, -0.25) is 19.3 Å². The van der Waals surface area contributed by atoms with Crippen molar-refractivity contribution in [3.63, 3.8) is 0 Å². The topological polar surface area (TPSA) is 66.9 Å². The van der Waals surface area contributed by atoms with Crippen molar-refractivity contribution in [3.8, 4) is 5.75 Å². The summed E-state index contributed by atoms with van der Waals surface area (Å²) < 4.78 is 7.81. The van der Waals surface area contributed by atoms with Crippen LogP contribution in [0.1, 0.15) is 22.3 Å². The van der Waals surface area contributed by atoms with E-state index in [1.54, 1.807) is 11.0 Å². The molecule has 10 heteroatoms. The van der Waals surface area contributed by atoms with Crippen molar-refractivity contribution in [2.24, 2.45) is 0 Å². The molecule has 3 aromatic rings. The highest BCUT2D eigenvalue weighted by Gasteiger charge is 2.37. The summed E-state index contributed by atoms with van der Waals surface area (Å²) in [5.41, 5.74) is 4.12. The monoisotopic (exact) mass is 770 g/mol. The predicted octanol–water partition coefficient (Wildman–Crippen LogP) is 6.75. The van der Waals surface area contributed by atoms with Gasteiger partial charge in [-0.05, 0) is 116 Å². The molecule has 0 aliphatic carbocycles. The Balaban J connectivity index is 1.25. The number of halogens is 3. The minimum Gasteiger partial charge on any atom is -0.487 e. The van der Waals surface area contributed by atoms with Gasteiger partial charge in [0.2, 0.25) is 5.91 Å². The molecule has 3 aromatic carbocycles. The third-order valence-electron chi connectivity index (χ3n) is 6.27. The van der Waals surface area contributed by atoms with Crippen molar-refractivity contribution in [3.05, 3.63) is 100.0 Å². The summed E-state index contributed by atoms with van der Waals surface area (Å²) in [5, 5.41) is 0.243. The number of ether oxygens (including phenoxy) is 1. The molecular formula is C28H21ClI2N2O4S. The number of imide groups is 1. The van der Waals surface area contributed by atoms with E-state index in [0.717, 1.165) is 52.7 Å². The van der Waals surface area contributed by atoms with Gasteiger partial charge in [-0.15, -0.1) is 0 Å². The molecule has 2 heterocycles. The van der Waals surface area contributed by atoms with E-state index in [1.165, 1.54) is 5.56 Å². The molecule has 0 atom stereocenters.